The van der Waals surface area contributed by atoms with Gasteiger partial charge in [0.05, 0.1) is 0 Å². The number of hydrogen-bond donors (Lipinski definition) is 1. The summed E-state index contributed by atoms with van der Waals surface area (Å²) in [6.07, 6.45) is 1.25. The van der Waals surface area contributed by atoms with E-state index in [-0.39, 0.29) is 21.1 Å². The van der Waals surface area contributed by atoms with Gasteiger partial charge in [-0.05, 0) is 0 Å². The van der Waals surface area contributed by atoms with Gasteiger partial charge in [-0.25, -0.2) is 0 Å². The smallest absolute Gasteiger partial charge is 0.173 e. The van der Waals surface area contributed by atoms with Crippen LogP contribution in [0.1, 0.15) is 0 Å². The minimum Gasteiger partial charge on any atom is -0.337 e. The normalized spacial score (nSPS) is 1.75. The van der Waals surface area contributed by atoms with E-state index in [1.807, 2.05) is 0 Å². The minimum absolute atomic E-state index is 0. The first kappa shape index (κ1) is 9.02. The molecule has 0 aromatic heterocycles. The molecule has 0 bridgehead atoms. The molecular formula is CH2N2Pt. The van der Waals surface area contributed by atoms with Crippen molar-refractivity contribution in [1.82, 2.24) is 0 Å². The van der Waals surface area contributed by atoms with Gasteiger partial charge in [0.15, 0.2) is 6.19 Å². The van der Waals surface area contributed by atoms with Crippen LogP contribution in [0.4, 0.5) is 0 Å². The van der Waals surface area contributed by atoms with Gasteiger partial charge in [0, 0.05) is 21.1 Å². The Bertz CT molecular complexity index is 27.5. The fraction of sp³-hybridized carbons (Fsp3) is 0. The van der Waals surface area contributed by atoms with Crippen molar-refractivity contribution >= 4 is 0 Å². The average Bonchev–Trinajstić information content (AvgIpc) is 0.918. The molecule has 0 unspecified atom stereocenters. The van der Waals surface area contributed by atoms with E-state index in [9.17, 15) is 0 Å². The molecule has 0 aliphatic carbocycles. The first-order valence-corrected chi connectivity index (χ1v) is 0.512. The van der Waals surface area contributed by atoms with Crippen molar-refractivity contribution in [2.45, 2.75) is 0 Å². The van der Waals surface area contributed by atoms with E-state index in [4.69, 9.17) is 5.26 Å². The van der Waals surface area contributed by atoms with E-state index in [1.54, 1.807) is 0 Å². The number of rotatable bonds is 0. The van der Waals surface area contributed by atoms with Crippen molar-refractivity contribution < 1.29 is 21.1 Å². The second-order valence-corrected chi connectivity index (χ2v) is 0.129. The van der Waals surface area contributed by atoms with Gasteiger partial charge < -0.3 is 5.73 Å². The van der Waals surface area contributed by atoms with E-state index < -0.39 is 0 Å². The summed E-state index contributed by atoms with van der Waals surface area (Å²) in [6.45, 7) is 0. The average molecular weight is 237 g/mol. The van der Waals surface area contributed by atoms with Crippen molar-refractivity contribution in [2.24, 2.45) is 5.73 Å². The van der Waals surface area contributed by atoms with Gasteiger partial charge in [-0.2, -0.15) is 5.26 Å². The van der Waals surface area contributed by atoms with Crippen molar-refractivity contribution in [2.75, 3.05) is 0 Å². The molecule has 0 spiro atoms. The summed E-state index contributed by atoms with van der Waals surface area (Å²) in [4.78, 5) is 0. The van der Waals surface area contributed by atoms with Gasteiger partial charge in [0.25, 0.3) is 0 Å². The van der Waals surface area contributed by atoms with E-state index in [0.29, 0.717) is 0 Å². The quantitative estimate of drug-likeness (QED) is 0.453. The Morgan fingerprint density at radius 2 is 1.75 bits per heavy atom. The topological polar surface area (TPSA) is 49.8 Å². The van der Waals surface area contributed by atoms with Crippen molar-refractivity contribution in [1.29, 1.82) is 5.26 Å². The van der Waals surface area contributed by atoms with Crippen LogP contribution in [0.5, 0.6) is 0 Å². The fourth-order valence-corrected chi connectivity index (χ4v) is 0. The van der Waals surface area contributed by atoms with Crippen molar-refractivity contribution in [3.8, 4) is 6.19 Å². The maximum Gasteiger partial charge on any atom is 0.173 e. The Balaban J connectivity index is 0. The minimum atomic E-state index is 0. The Kier molecular flexibility index (Phi) is 27.5. The van der Waals surface area contributed by atoms with Gasteiger partial charge in [0.1, 0.15) is 0 Å². The molecule has 26 valence electrons. The molecule has 0 aliphatic rings. The molecule has 0 atom stereocenters. The SMILES string of the molecule is N#CN.[Pt]. The molecule has 3 heteroatoms. The second kappa shape index (κ2) is 12.2. The van der Waals surface area contributed by atoms with Crippen LogP contribution < -0.4 is 5.73 Å². The zero-order chi connectivity index (χ0) is 2.71. The van der Waals surface area contributed by atoms with Gasteiger partial charge in [0.2, 0.25) is 0 Å². The molecule has 0 saturated heterocycles. The third-order valence-electron chi connectivity index (χ3n) is 0. The molecule has 0 aliphatic heterocycles. The molecule has 0 amide bonds. The van der Waals surface area contributed by atoms with Crippen LogP contribution in [0.3, 0.4) is 0 Å². The third-order valence-corrected chi connectivity index (χ3v) is 0. The molecule has 0 aromatic carbocycles. The van der Waals surface area contributed by atoms with Gasteiger partial charge in [-0.3, -0.25) is 0 Å². The molecule has 0 aromatic rings. The van der Waals surface area contributed by atoms with E-state index in [1.165, 1.54) is 6.19 Å². The monoisotopic (exact) mass is 237 g/mol. The molecule has 0 rings (SSSR count). The summed E-state index contributed by atoms with van der Waals surface area (Å²) < 4.78 is 0. The van der Waals surface area contributed by atoms with Crippen LogP contribution >= 0.6 is 0 Å². The maximum absolute atomic E-state index is 7.10. The standard InChI is InChI=1S/CH2N2.Pt/c2-1-3;/h2H2;. The Morgan fingerprint density at radius 1 is 1.75 bits per heavy atom. The number of nitrogens with zero attached hydrogens (tertiary/aromatic N) is 1. The number of nitrogens with two attached hydrogens (primary N) is 1. The number of nitriles is 1. The fourth-order valence-electron chi connectivity index (χ4n) is 0. The molecule has 0 saturated carbocycles. The summed E-state index contributed by atoms with van der Waals surface area (Å²) >= 11 is 0. The van der Waals surface area contributed by atoms with Gasteiger partial charge in [-0.1, -0.05) is 0 Å². The molecule has 4 heavy (non-hydrogen) atoms. The van der Waals surface area contributed by atoms with Gasteiger partial charge in [-0.15, -0.1) is 0 Å². The molecule has 0 heterocycles. The predicted octanol–water partition coefficient (Wildman–Crippen LogP) is -0.576. The molecule has 2 N–H and O–H groups in total. The Labute approximate surface area is 38.9 Å². The Hall–Kier alpha value is -0.0217. The molecular weight excluding hydrogens is 235 g/mol. The van der Waals surface area contributed by atoms with Crippen LogP contribution in [0.2, 0.25) is 0 Å². The summed E-state index contributed by atoms with van der Waals surface area (Å²) in [5, 5.41) is 7.10. The van der Waals surface area contributed by atoms with E-state index in [2.05, 4.69) is 5.73 Å². The first-order chi connectivity index (χ1) is 1.41. The summed E-state index contributed by atoms with van der Waals surface area (Å²) in [6, 6.07) is 0. The molecule has 0 fully saturated rings. The second-order valence-electron chi connectivity index (χ2n) is 0.129. The van der Waals surface area contributed by atoms with Crippen LogP contribution in [0, 0.1) is 11.5 Å². The number of hydrogen-bond acceptors (Lipinski definition) is 2. The van der Waals surface area contributed by atoms with Crippen molar-refractivity contribution in [3.05, 3.63) is 0 Å². The first-order valence-electron chi connectivity index (χ1n) is 0.512. The maximum atomic E-state index is 7.10. The third kappa shape index (κ3) is 4030. The van der Waals surface area contributed by atoms with Crippen LogP contribution in [-0.4, -0.2) is 0 Å². The summed E-state index contributed by atoms with van der Waals surface area (Å²) in [7, 11) is 0. The summed E-state index contributed by atoms with van der Waals surface area (Å²) in [5.74, 6) is 0. The zero-order valence-electron chi connectivity index (χ0n) is 1.84. The molecule has 2 nitrogen and oxygen atoms in total. The van der Waals surface area contributed by atoms with Crippen LogP contribution in [-0.2, 0) is 21.1 Å². The Morgan fingerprint density at radius 3 is 1.75 bits per heavy atom. The summed E-state index contributed by atoms with van der Waals surface area (Å²) in [5.41, 5.74) is 4.15. The van der Waals surface area contributed by atoms with Crippen LogP contribution in [0.15, 0.2) is 0 Å². The van der Waals surface area contributed by atoms with Crippen LogP contribution in [0.25, 0.3) is 0 Å². The largest absolute Gasteiger partial charge is 0.337 e. The van der Waals surface area contributed by atoms with E-state index >= 15 is 0 Å². The van der Waals surface area contributed by atoms with Gasteiger partial charge >= 0.3 is 0 Å². The van der Waals surface area contributed by atoms with E-state index in [0.717, 1.165) is 0 Å². The molecule has 0 radical (unpaired) electrons. The van der Waals surface area contributed by atoms with Crippen molar-refractivity contribution in [3.63, 3.8) is 0 Å². The predicted molar refractivity (Wildman–Crippen MR) is 9.80 cm³/mol. The zero-order valence-corrected chi connectivity index (χ0v) is 4.11.